The van der Waals surface area contributed by atoms with Crippen LogP contribution in [0.25, 0.3) is 0 Å². The Morgan fingerprint density at radius 3 is 3.06 bits per heavy atom. The summed E-state index contributed by atoms with van der Waals surface area (Å²) in [7, 11) is 1.71. The van der Waals surface area contributed by atoms with Crippen molar-refractivity contribution in [1.82, 2.24) is 10.3 Å². The molecule has 0 amide bonds. The number of nitrogens with one attached hydrogen (secondary N) is 1. The molecule has 5 nitrogen and oxygen atoms in total. The maximum atomic E-state index is 5.53. The highest BCUT2D eigenvalue weighted by Gasteiger charge is 2.25. The van der Waals surface area contributed by atoms with E-state index < -0.39 is 0 Å². The normalized spacial score (nSPS) is 21.6. The molecule has 0 spiro atoms. The van der Waals surface area contributed by atoms with Gasteiger partial charge in [-0.2, -0.15) is 0 Å². The van der Waals surface area contributed by atoms with Crippen molar-refractivity contribution in [1.29, 1.82) is 0 Å². The zero-order valence-electron chi connectivity index (χ0n) is 10.4. The molecule has 1 heterocycles. The summed E-state index contributed by atoms with van der Waals surface area (Å²) < 4.78 is 4.99. The van der Waals surface area contributed by atoms with Crippen LogP contribution in [0.1, 0.15) is 32.6 Å². The molecule has 0 aromatic heterocycles. The first-order valence-electron chi connectivity index (χ1n) is 6.10. The molecule has 1 saturated heterocycles. The van der Waals surface area contributed by atoms with Crippen LogP contribution in [-0.4, -0.2) is 43.7 Å². The standard InChI is InChI=1S/C11H24N4O/c1-3-10-6-4-8-15(10)11(14-12)13-7-5-9-16-2/h10H,3-9,12H2,1-2H3,(H,13,14). The lowest BCUT2D eigenvalue weighted by molar-refractivity contribution is 0.196. The molecular weight excluding hydrogens is 204 g/mol. The van der Waals surface area contributed by atoms with Gasteiger partial charge in [0.05, 0.1) is 0 Å². The second kappa shape index (κ2) is 7.46. The summed E-state index contributed by atoms with van der Waals surface area (Å²) in [6.07, 6.45) is 4.57. The first-order chi connectivity index (χ1) is 7.83. The van der Waals surface area contributed by atoms with E-state index in [1.165, 1.54) is 12.8 Å². The summed E-state index contributed by atoms with van der Waals surface area (Å²) in [5.41, 5.74) is 2.72. The van der Waals surface area contributed by atoms with Crippen molar-refractivity contribution in [3.63, 3.8) is 0 Å². The third-order valence-corrected chi connectivity index (χ3v) is 3.02. The minimum atomic E-state index is 0.595. The van der Waals surface area contributed by atoms with Crippen LogP contribution in [-0.2, 0) is 4.74 Å². The van der Waals surface area contributed by atoms with Crippen LogP contribution in [0.2, 0.25) is 0 Å². The highest BCUT2D eigenvalue weighted by Crippen LogP contribution is 2.19. The predicted molar refractivity (Wildman–Crippen MR) is 66.1 cm³/mol. The molecular formula is C11H24N4O. The molecule has 0 radical (unpaired) electrons. The maximum Gasteiger partial charge on any atom is 0.208 e. The molecule has 0 aromatic carbocycles. The minimum absolute atomic E-state index is 0.595. The number of hydrogen-bond donors (Lipinski definition) is 2. The van der Waals surface area contributed by atoms with Crippen molar-refractivity contribution in [2.45, 2.75) is 38.6 Å². The third kappa shape index (κ3) is 3.64. The van der Waals surface area contributed by atoms with Crippen LogP contribution in [0, 0.1) is 0 Å². The second-order valence-corrected chi connectivity index (χ2v) is 4.09. The number of hydrazine groups is 1. The van der Waals surface area contributed by atoms with Crippen molar-refractivity contribution in [3.8, 4) is 0 Å². The molecule has 0 aromatic rings. The van der Waals surface area contributed by atoms with Crippen LogP contribution in [0.4, 0.5) is 0 Å². The largest absolute Gasteiger partial charge is 0.385 e. The number of guanidine groups is 1. The minimum Gasteiger partial charge on any atom is -0.385 e. The van der Waals surface area contributed by atoms with Crippen molar-refractivity contribution < 1.29 is 4.74 Å². The summed E-state index contributed by atoms with van der Waals surface area (Å²) in [6.45, 7) is 4.78. The van der Waals surface area contributed by atoms with Crippen LogP contribution in [0.15, 0.2) is 4.99 Å². The van der Waals surface area contributed by atoms with Gasteiger partial charge in [-0.3, -0.25) is 10.4 Å². The monoisotopic (exact) mass is 228 g/mol. The van der Waals surface area contributed by atoms with Gasteiger partial charge in [0, 0.05) is 32.8 Å². The number of aliphatic imine (C=N–C) groups is 1. The van der Waals surface area contributed by atoms with Crippen LogP contribution >= 0.6 is 0 Å². The Bertz CT molecular complexity index is 220. The Kier molecular flexibility index (Phi) is 6.18. The molecule has 1 rings (SSSR count). The van der Waals surface area contributed by atoms with Gasteiger partial charge in [-0.25, -0.2) is 5.84 Å². The van der Waals surface area contributed by atoms with Crippen molar-refractivity contribution >= 4 is 5.96 Å². The molecule has 1 atom stereocenters. The predicted octanol–water partition coefficient (Wildman–Crippen LogP) is 0.717. The number of hydrogen-bond acceptors (Lipinski definition) is 3. The molecule has 3 N–H and O–H groups in total. The van der Waals surface area contributed by atoms with E-state index in [1.807, 2.05) is 0 Å². The molecule has 1 fully saturated rings. The number of nitrogens with zero attached hydrogens (tertiary/aromatic N) is 2. The van der Waals surface area contributed by atoms with E-state index in [1.54, 1.807) is 7.11 Å². The molecule has 5 heteroatoms. The maximum absolute atomic E-state index is 5.53. The fourth-order valence-corrected chi connectivity index (χ4v) is 2.15. The Labute approximate surface area is 98.0 Å². The first kappa shape index (κ1) is 13.3. The van der Waals surface area contributed by atoms with E-state index >= 15 is 0 Å². The van der Waals surface area contributed by atoms with E-state index in [4.69, 9.17) is 10.6 Å². The first-order valence-corrected chi connectivity index (χ1v) is 6.10. The molecule has 16 heavy (non-hydrogen) atoms. The van der Waals surface area contributed by atoms with Gasteiger partial charge >= 0.3 is 0 Å². The molecule has 0 saturated carbocycles. The molecule has 1 unspecified atom stereocenters. The summed E-state index contributed by atoms with van der Waals surface area (Å²) in [5, 5.41) is 0. The molecule has 1 aliphatic heterocycles. The fraction of sp³-hybridized carbons (Fsp3) is 0.909. The number of methoxy groups -OCH3 is 1. The average molecular weight is 228 g/mol. The summed E-state index contributed by atoms with van der Waals surface area (Å²) in [4.78, 5) is 6.77. The van der Waals surface area contributed by atoms with Gasteiger partial charge in [0.2, 0.25) is 5.96 Å². The van der Waals surface area contributed by atoms with Crippen molar-refractivity contribution in [2.75, 3.05) is 26.8 Å². The Morgan fingerprint density at radius 1 is 1.62 bits per heavy atom. The van der Waals surface area contributed by atoms with E-state index in [0.29, 0.717) is 6.04 Å². The van der Waals surface area contributed by atoms with E-state index in [9.17, 15) is 0 Å². The third-order valence-electron chi connectivity index (χ3n) is 3.02. The Hall–Kier alpha value is -0.810. The van der Waals surface area contributed by atoms with Gasteiger partial charge in [0.1, 0.15) is 0 Å². The topological polar surface area (TPSA) is 62.9 Å². The van der Waals surface area contributed by atoms with Crippen LogP contribution in [0.5, 0.6) is 0 Å². The summed E-state index contributed by atoms with van der Waals surface area (Å²) in [5.74, 6) is 6.36. The number of rotatable bonds is 5. The smallest absolute Gasteiger partial charge is 0.208 e. The molecule has 1 aliphatic rings. The quantitative estimate of drug-likeness (QED) is 0.239. The second-order valence-electron chi connectivity index (χ2n) is 4.09. The molecule has 94 valence electrons. The van der Waals surface area contributed by atoms with Crippen molar-refractivity contribution in [2.24, 2.45) is 10.8 Å². The van der Waals surface area contributed by atoms with Gasteiger partial charge in [0.15, 0.2) is 0 Å². The van der Waals surface area contributed by atoms with E-state index in [0.717, 1.165) is 38.5 Å². The highest BCUT2D eigenvalue weighted by atomic mass is 16.5. The Balaban J connectivity index is 2.45. The SMILES string of the molecule is CCC1CCCN1C(=NCCCOC)NN. The number of likely N-dealkylation sites (tertiary alicyclic amines) is 1. The van der Waals surface area contributed by atoms with Gasteiger partial charge in [0.25, 0.3) is 0 Å². The van der Waals surface area contributed by atoms with Gasteiger partial charge in [-0.1, -0.05) is 6.92 Å². The average Bonchev–Trinajstić information content (AvgIpc) is 2.77. The number of ether oxygens (including phenoxy) is 1. The lowest BCUT2D eigenvalue weighted by Crippen LogP contribution is -2.47. The fourth-order valence-electron chi connectivity index (χ4n) is 2.15. The highest BCUT2D eigenvalue weighted by molar-refractivity contribution is 5.80. The van der Waals surface area contributed by atoms with E-state index in [-0.39, 0.29) is 0 Å². The summed E-state index contributed by atoms with van der Waals surface area (Å²) >= 11 is 0. The lowest BCUT2D eigenvalue weighted by atomic mass is 10.2. The van der Waals surface area contributed by atoms with Gasteiger partial charge in [-0.05, 0) is 25.7 Å². The van der Waals surface area contributed by atoms with Gasteiger partial charge in [-0.15, -0.1) is 0 Å². The van der Waals surface area contributed by atoms with Crippen LogP contribution < -0.4 is 11.3 Å². The Morgan fingerprint density at radius 2 is 2.44 bits per heavy atom. The summed E-state index contributed by atoms with van der Waals surface area (Å²) in [6, 6.07) is 0.595. The molecule has 0 aliphatic carbocycles. The van der Waals surface area contributed by atoms with Gasteiger partial charge < -0.3 is 9.64 Å². The zero-order valence-corrected chi connectivity index (χ0v) is 10.4. The number of nitrogens with two attached hydrogens (primary N) is 1. The van der Waals surface area contributed by atoms with E-state index in [2.05, 4.69) is 22.2 Å². The lowest BCUT2D eigenvalue weighted by Gasteiger charge is -2.26. The molecule has 0 bridgehead atoms. The zero-order chi connectivity index (χ0) is 11.8. The van der Waals surface area contributed by atoms with Crippen LogP contribution in [0.3, 0.4) is 0 Å². The van der Waals surface area contributed by atoms with Crippen molar-refractivity contribution in [3.05, 3.63) is 0 Å².